The van der Waals surface area contributed by atoms with Crippen molar-refractivity contribution >= 4 is 6.09 Å². The van der Waals surface area contributed by atoms with Gasteiger partial charge >= 0.3 is 6.09 Å². The van der Waals surface area contributed by atoms with Crippen molar-refractivity contribution in [3.8, 4) is 0 Å². The molecule has 1 atom stereocenters. The second-order valence-electron chi connectivity index (χ2n) is 5.94. The van der Waals surface area contributed by atoms with Crippen molar-refractivity contribution in [2.45, 2.75) is 39.3 Å². The summed E-state index contributed by atoms with van der Waals surface area (Å²) in [6, 6.07) is 9.31. The summed E-state index contributed by atoms with van der Waals surface area (Å²) in [5.41, 5.74) is 1.35. The number of amides is 1. The molecule has 0 aliphatic rings. The minimum atomic E-state index is -0.537. The largest absolute Gasteiger partial charge is 0.444 e. The summed E-state index contributed by atoms with van der Waals surface area (Å²) in [6.07, 6.45) is 1.27. The number of carbonyl (C=O) groups excluding carboxylic acids is 1. The number of ether oxygens (including phenoxy) is 1. The van der Waals surface area contributed by atoms with E-state index in [0.29, 0.717) is 5.82 Å². The smallest absolute Gasteiger partial charge is 0.408 e. The van der Waals surface area contributed by atoms with Gasteiger partial charge in [0.1, 0.15) is 17.5 Å². The number of nitrogens with zero attached hydrogens (tertiary/aromatic N) is 1. The molecule has 1 heterocycles. The van der Waals surface area contributed by atoms with Crippen LogP contribution in [0.4, 0.5) is 4.79 Å². The Labute approximate surface area is 124 Å². The SMILES string of the molecule is Cc1cnc([C@@H](NC(=O)OC(C)(C)C)c2ccccc2)[nH]1. The number of nitrogens with one attached hydrogen (secondary N) is 2. The lowest BCUT2D eigenvalue weighted by Crippen LogP contribution is -2.35. The number of hydrogen-bond acceptors (Lipinski definition) is 3. The maximum absolute atomic E-state index is 12.0. The molecule has 0 fully saturated rings. The zero-order chi connectivity index (χ0) is 15.5. The predicted octanol–water partition coefficient (Wildman–Crippen LogP) is 3.33. The van der Waals surface area contributed by atoms with E-state index in [0.717, 1.165) is 11.3 Å². The van der Waals surface area contributed by atoms with E-state index in [1.54, 1.807) is 6.20 Å². The van der Waals surface area contributed by atoms with Crippen LogP contribution < -0.4 is 5.32 Å². The third-order valence-corrected chi connectivity index (χ3v) is 2.79. The van der Waals surface area contributed by atoms with Gasteiger partial charge in [-0.2, -0.15) is 0 Å². The van der Waals surface area contributed by atoms with Gasteiger partial charge in [-0.05, 0) is 33.3 Å². The first-order valence-corrected chi connectivity index (χ1v) is 6.91. The highest BCUT2D eigenvalue weighted by Crippen LogP contribution is 2.20. The van der Waals surface area contributed by atoms with Gasteiger partial charge in [-0.15, -0.1) is 0 Å². The number of H-pyrrole nitrogens is 1. The molecule has 2 rings (SSSR count). The van der Waals surface area contributed by atoms with E-state index in [9.17, 15) is 4.79 Å². The fraction of sp³-hybridized carbons (Fsp3) is 0.375. The number of imidazole rings is 1. The monoisotopic (exact) mass is 287 g/mol. The van der Waals surface area contributed by atoms with Crippen molar-refractivity contribution in [3.63, 3.8) is 0 Å². The van der Waals surface area contributed by atoms with Crippen molar-refractivity contribution < 1.29 is 9.53 Å². The fourth-order valence-electron chi connectivity index (χ4n) is 1.96. The average Bonchev–Trinajstić information content (AvgIpc) is 2.81. The molecule has 0 saturated carbocycles. The van der Waals surface area contributed by atoms with Crippen LogP contribution in [-0.4, -0.2) is 21.7 Å². The summed E-state index contributed by atoms with van der Waals surface area (Å²) < 4.78 is 5.33. The number of benzene rings is 1. The van der Waals surface area contributed by atoms with Crippen LogP contribution in [0.25, 0.3) is 0 Å². The van der Waals surface area contributed by atoms with Gasteiger partial charge in [0.25, 0.3) is 0 Å². The van der Waals surface area contributed by atoms with Crippen LogP contribution in [0.1, 0.15) is 43.9 Å². The Morgan fingerprint density at radius 1 is 1.29 bits per heavy atom. The lowest BCUT2D eigenvalue weighted by atomic mass is 10.1. The Kier molecular flexibility index (Phi) is 4.31. The van der Waals surface area contributed by atoms with E-state index in [-0.39, 0.29) is 6.04 Å². The van der Waals surface area contributed by atoms with Gasteiger partial charge in [-0.1, -0.05) is 30.3 Å². The molecule has 0 spiro atoms. The maximum Gasteiger partial charge on any atom is 0.408 e. The molecule has 0 aliphatic heterocycles. The summed E-state index contributed by atoms with van der Waals surface area (Å²) in [6.45, 7) is 7.43. The van der Waals surface area contributed by atoms with Crippen molar-refractivity contribution in [1.82, 2.24) is 15.3 Å². The van der Waals surface area contributed by atoms with E-state index in [1.807, 2.05) is 58.0 Å². The number of carbonyl (C=O) groups is 1. The molecule has 0 bridgehead atoms. The van der Waals surface area contributed by atoms with Gasteiger partial charge in [-0.3, -0.25) is 0 Å². The third-order valence-electron chi connectivity index (χ3n) is 2.79. The first-order valence-electron chi connectivity index (χ1n) is 6.91. The molecule has 2 N–H and O–H groups in total. The van der Waals surface area contributed by atoms with E-state index in [2.05, 4.69) is 15.3 Å². The van der Waals surface area contributed by atoms with Gasteiger partial charge in [0.15, 0.2) is 0 Å². The number of rotatable bonds is 3. The molecule has 1 aromatic carbocycles. The van der Waals surface area contributed by atoms with Crippen LogP contribution >= 0.6 is 0 Å². The van der Waals surface area contributed by atoms with Crippen molar-refractivity contribution in [3.05, 3.63) is 53.6 Å². The highest BCUT2D eigenvalue weighted by Gasteiger charge is 2.23. The van der Waals surface area contributed by atoms with Gasteiger partial charge in [0.05, 0.1) is 0 Å². The van der Waals surface area contributed by atoms with E-state index in [4.69, 9.17) is 4.74 Å². The van der Waals surface area contributed by atoms with E-state index < -0.39 is 11.7 Å². The molecular weight excluding hydrogens is 266 g/mol. The number of aryl methyl sites for hydroxylation is 1. The van der Waals surface area contributed by atoms with Crippen LogP contribution in [-0.2, 0) is 4.74 Å². The van der Waals surface area contributed by atoms with Crippen LogP contribution in [0.2, 0.25) is 0 Å². The Hall–Kier alpha value is -2.30. The molecule has 0 saturated heterocycles. The van der Waals surface area contributed by atoms with Crippen molar-refractivity contribution in [2.75, 3.05) is 0 Å². The van der Waals surface area contributed by atoms with E-state index >= 15 is 0 Å². The highest BCUT2D eigenvalue weighted by molar-refractivity contribution is 5.69. The minimum absolute atomic E-state index is 0.366. The Bertz CT molecular complexity index is 599. The fourth-order valence-corrected chi connectivity index (χ4v) is 1.96. The second-order valence-corrected chi connectivity index (χ2v) is 5.94. The first-order chi connectivity index (χ1) is 9.85. The molecule has 112 valence electrons. The lowest BCUT2D eigenvalue weighted by molar-refractivity contribution is 0.0510. The zero-order valence-corrected chi connectivity index (χ0v) is 12.8. The topological polar surface area (TPSA) is 67.0 Å². The number of alkyl carbamates (subject to hydrolysis) is 1. The Morgan fingerprint density at radius 2 is 1.95 bits per heavy atom. The molecule has 21 heavy (non-hydrogen) atoms. The summed E-state index contributed by atoms with van der Waals surface area (Å²) in [4.78, 5) is 19.5. The van der Waals surface area contributed by atoms with E-state index in [1.165, 1.54) is 0 Å². The van der Waals surface area contributed by atoms with Gasteiger partial charge in [0, 0.05) is 11.9 Å². The van der Waals surface area contributed by atoms with Crippen molar-refractivity contribution in [2.24, 2.45) is 0 Å². The molecule has 0 radical (unpaired) electrons. The Morgan fingerprint density at radius 3 is 2.48 bits per heavy atom. The summed E-state index contributed by atoms with van der Waals surface area (Å²) >= 11 is 0. The molecule has 2 aromatic rings. The summed E-state index contributed by atoms with van der Waals surface area (Å²) in [5.74, 6) is 0.685. The van der Waals surface area contributed by atoms with Crippen LogP contribution in [0.15, 0.2) is 36.5 Å². The molecule has 1 aromatic heterocycles. The van der Waals surface area contributed by atoms with Crippen LogP contribution in [0.5, 0.6) is 0 Å². The van der Waals surface area contributed by atoms with Gasteiger partial charge in [-0.25, -0.2) is 9.78 Å². The van der Waals surface area contributed by atoms with Gasteiger partial charge in [0.2, 0.25) is 0 Å². The Balaban J connectivity index is 2.23. The summed E-state index contributed by atoms with van der Waals surface area (Å²) in [5, 5.41) is 2.86. The lowest BCUT2D eigenvalue weighted by Gasteiger charge is -2.23. The quantitative estimate of drug-likeness (QED) is 0.910. The molecule has 0 aliphatic carbocycles. The molecule has 0 unspecified atom stereocenters. The number of aromatic nitrogens is 2. The predicted molar refractivity (Wildman–Crippen MR) is 81.0 cm³/mol. The summed E-state index contributed by atoms with van der Waals surface area (Å²) in [7, 11) is 0. The number of aromatic amines is 1. The minimum Gasteiger partial charge on any atom is -0.444 e. The van der Waals surface area contributed by atoms with Gasteiger partial charge < -0.3 is 15.0 Å². The number of hydrogen-bond donors (Lipinski definition) is 2. The van der Waals surface area contributed by atoms with Crippen molar-refractivity contribution in [1.29, 1.82) is 0 Å². The normalized spacial score (nSPS) is 12.8. The standard InChI is InChI=1S/C16H21N3O2/c1-11-10-17-14(18-11)13(12-8-6-5-7-9-12)19-15(20)21-16(2,3)4/h5-10,13H,1-4H3,(H,17,18)(H,19,20)/t13-/m0/s1. The van der Waals surface area contributed by atoms with Crippen LogP contribution in [0, 0.1) is 6.92 Å². The highest BCUT2D eigenvalue weighted by atomic mass is 16.6. The first kappa shape index (κ1) is 15.1. The molecule has 5 nitrogen and oxygen atoms in total. The van der Waals surface area contributed by atoms with Crippen LogP contribution in [0.3, 0.4) is 0 Å². The molecular formula is C16H21N3O2. The maximum atomic E-state index is 12.0. The molecule has 1 amide bonds. The molecule has 5 heteroatoms. The third kappa shape index (κ3) is 4.34. The second kappa shape index (κ2) is 5.99. The average molecular weight is 287 g/mol. The zero-order valence-electron chi connectivity index (χ0n) is 12.8.